The molecule has 5 heteroatoms. The van der Waals surface area contributed by atoms with Crippen molar-refractivity contribution in [1.82, 2.24) is 9.97 Å². The van der Waals surface area contributed by atoms with Gasteiger partial charge in [-0.2, -0.15) is 5.26 Å². The number of benzene rings is 2. The zero-order chi connectivity index (χ0) is 20.4. The Kier molecular flexibility index (Phi) is 5.26. The van der Waals surface area contributed by atoms with Gasteiger partial charge in [0.15, 0.2) is 0 Å². The van der Waals surface area contributed by atoms with E-state index < -0.39 is 0 Å². The van der Waals surface area contributed by atoms with Crippen LogP contribution in [0.5, 0.6) is 0 Å². The van der Waals surface area contributed by atoms with E-state index in [1.807, 2.05) is 30.3 Å². The van der Waals surface area contributed by atoms with Crippen LogP contribution in [0.2, 0.25) is 0 Å². The van der Waals surface area contributed by atoms with Gasteiger partial charge < -0.3 is 5.73 Å². The second-order valence-electron chi connectivity index (χ2n) is 7.57. The molecule has 0 bridgehead atoms. The van der Waals surface area contributed by atoms with Crippen LogP contribution in [0, 0.1) is 17.1 Å². The first-order valence-corrected chi connectivity index (χ1v) is 10.0. The summed E-state index contributed by atoms with van der Waals surface area (Å²) in [6, 6.07) is 11.7. The van der Waals surface area contributed by atoms with Crippen LogP contribution in [0.1, 0.15) is 59.9 Å². The van der Waals surface area contributed by atoms with Gasteiger partial charge >= 0.3 is 0 Å². The van der Waals surface area contributed by atoms with Crippen molar-refractivity contribution in [3.8, 4) is 17.3 Å². The molecule has 1 aliphatic carbocycles. The minimum absolute atomic E-state index is 0.236. The molecule has 1 aliphatic rings. The first-order chi connectivity index (χ1) is 14.1. The average molecular weight is 386 g/mol. The van der Waals surface area contributed by atoms with E-state index >= 15 is 4.39 Å². The highest BCUT2D eigenvalue weighted by molar-refractivity contribution is 5.63. The van der Waals surface area contributed by atoms with Crippen LogP contribution in [0.15, 0.2) is 42.7 Å². The third kappa shape index (κ3) is 3.71. The van der Waals surface area contributed by atoms with E-state index in [0.29, 0.717) is 35.0 Å². The monoisotopic (exact) mass is 386 g/mol. The lowest BCUT2D eigenvalue weighted by Crippen LogP contribution is -2.14. The molecule has 0 aliphatic heterocycles. The zero-order valence-corrected chi connectivity index (χ0v) is 16.5. The highest BCUT2D eigenvalue weighted by atomic mass is 19.1. The van der Waals surface area contributed by atoms with Gasteiger partial charge in [0.1, 0.15) is 11.6 Å². The van der Waals surface area contributed by atoms with E-state index in [1.165, 1.54) is 18.8 Å². The first kappa shape index (κ1) is 19.1. The van der Waals surface area contributed by atoms with Gasteiger partial charge in [-0.1, -0.05) is 25.5 Å². The second-order valence-corrected chi connectivity index (χ2v) is 7.57. The molecule has 0 amide bonds. The Morgan fingerprint density at radius 1 is 1.14 bits per heavy atom. The predicted octanol–water partition coefficient (Wildman–Crippen LogP) is 5.16. The van der Waals surface area contributed by atoms with Gasteiger partial charge in [-0.3, -0.25) is 4.98 Å². The van der Waals surface area contributed by atoms with Crippen LogP contribution in [0.4, 0.5) is 10.2 Å². The minimum atomic E-state index is -0.236. The molecule has 0 saturated heterocycles. The van der Waals surface area contributed by atoms with Gasteiger partial charge in [-0.25, -0.2) is 9.37 Å². The molecule has 0 unspecified atom stereocenters. The van der Waals surface area contributed by atoms with Gasteiger partial charge in [0, 0.05) is 12.0 Å². The topological polar surface area (TPSA) is 75.6 Å². The molecule has 1 fully saturated rings. The number of nitrogens with two attached hydrogens (primary N) is 1. The van der Waals surface area contributed by atoms with Crippen LogP contribution in [0.25, 0.3) is 11.3 Å². The SMILES string of the molecule is CCc1cc(C#N)ccc1Cc1c(C2CCC2)ccc(-c2cnc(N)cn2)c1F. The Hall–Kier alpha value is -3.26. The Morgan fingerprint density at radius 2 is 1.97 bits per heavy atom. The fraction of sp³-hybridized carbons (Fsp3) is 0.292. The van der Waals surface area contributed by atoms with E-state index in [0.717, 1.165) is 41.5 Å². The zero-order valence-electron chi connectivity index (χ0n) is 16.5. The molecular weight excluding hydrogens is 363 g/mol. The van der Waals surface area contributed by atoms with E-state index in [4.69, 9.17) is 5.73 Å². The smallest absolute Gasteiger partial charge is 0.141 e. The number of nitrogens with zero attached hydrogens (tertiary/aromatic N) is 3. The van der Waals surface area contributed by atoms with Gasteiger partial charge in [-0.15, -0.1) is 0 Å². The first-order valence-electron chi connectivity index (χ1n) is 10.0. The summed E-state index contributed by atoms with van der Waals surface area (Å²) in [5.41, 5.74) is 11.2. The number of aryl methyl sites for hydroxylation is 1. The summed E-state index contributed by atoms with van der Waals surface area (Å²) in [6.07, 6.45) is 7.65. The number of anilines is 1. The third-order valence-corrected chi connectivity index (χ3v) is 5.86. The van der Waals surface area contributed by atoms with E-state index in [2.05, 4.69) is 23.0 Å². The minimum Gasteiger partial charge on any atom is -0.382 e. The standard InChI is InChI=1S/C24H23FN4/c1-2-16-10-15(12-26)6-7-18(16)11-21-19(17-4-3-5-17)8-9-20(24(21)25)22-13-29-23(27)14-28-22/h6-10,13-14,17H,2-5,11H2,1H3,(H2,27,29). The van der Waals surface area contributed by atoms with E-state index in [9.17, 15) is 5.26 Å². The average Bonchev–Trinajstić information content (AvgIpc) is 2.70. The number of nitriles is 1. The Morgan fingerprint density at radius 3 is 2.59 bits per heavy atom. The van der Waals surface area contributed by atoms with Gasteiger partial charge in [0.05, 0.1) is 29.7 Å². The molecule has 4 rings (SSSR count). The van der Waals surface area contributed by atoms with Crippen LogP contribution in [-0.2, 0) is 12.8 Å². The molecule has 1 heterocycles. The fourth-order valence-electron chi connectivity index (χ4n) is 3.98. The molecule has 146 valence electrons. The number of hydrogen-bond acceptors (Lipinski definition) is 4. The molecule has 0 spiro atoms. The lowest BCUT2D eigenvalue weighted by atomic mass is 9.76. The molecule has 1 saturated carbocycles. The van der Waals surface area contributed by atoms with Crippen molar-refractivity contribution < 1.29 is 4.39 Å². The maximum absolute atomic E-state index is 15.8. The summed E-state index contributed by atoms with van der Waals surface area (Å²) in [4.78, 5) is 8.32. The molecule has 3 aromatic rings. The van der Waals surface area contributed by atoms with Gasteiger partial charge in [0.2, 0.25) is 0 Å². The number of rotatable bonds is 5. The van der Waals surface area contributed by atoms with Crippen molar-refractivity contribution in [1.29, 1.82) is 5.26 Å². The van der Waals surface area contributed by atoms with Gasteiger partial charge in [-0.05, 0) is 65.6 Å². The normalized spacial score (nSPS) is 13.7. The fourth-order valence-corrected chi connectivity index (χ4v) is 3.98. The van der Waals surface area contributed by atoms with Crippen molar-refractivity contribution in [2.45, 2.75) is 44.9 Å². The summed E-state index contributed by atoms with van der Waals surface area (Å²) >= 11 is 0. The molecule has 4 nitrogen and oxygen atoms in total. The van der Waals surface area contributed by atoms with Crippen LogP contribution in [-0.4, -0.2) is 9.97 Å². The third-order valence-electron chi connectivity index (χ3n) is 5.86. The number of aromatic nitrogens is 2. The van der Waals surface area contributed by atoms with Crippen LogP contribution < -0.4 is 5.73 Å². The highest BCUT2D eigenvalue weighted by Crippen LogP contribution is 2.41. The van der Waals surface area contributed by atoms with Crippen molar-refractivity contribution in [2.24, 2.45) is 0 Å². The van der Waals surface area contributed by atoms with Crippen LogP contribution in [0.3, 0.4) is 0 Å². The number of halogens is 1. The second kappa shape index (κ2) is 8.00. The van der Waals surface area contributed by atoms with Gasteiger partial charge in [0.25, 0.3) is 0 Å². The Balaban J connectivity index is 1.81. The number of nitrogen functional groups attached to an aromatic ring is 1. The summed E-state index contributed by atoms with van der Waals surface area (Å²) in [5, 5.41) is 9.19. The Bertz CT molecular complexity index is 1080. The lowest BCUT2D eigenvalue weighted by molar-refractivity contribution is 0.415. The highest BCUT2D eigenvalue weighted by Gasteiger charge is 2.26. The molecular formula is C24H23FN4. The quantitative estimate of drug-likeness (QED) is 0.657. The van der Waals surface area contributed by atoms with Crippen molar-refractivity contribution in [3.63, 3.8) is 0 Å². The summed E-state index contributed by atoms with van der Waals surface area (Å²) < 4.78 is 15.8. The van der Waals surface area contributed by atoms with Crippen molar-refractivity contribution >= 4 is 5.82 Å². The lowest BCUT2D eigenvalue weighted by Gasteiger charge is -2.29. The number of hydrogen-bond donors (Lipinski definition) is 1. The summed E-state index contributed by atoms with van der Waals surface area (Å²) in [6.45, 7) is 2.06. The molecule has 2 aromatic carbocycles. The maximum Gasteiger partial charge on any atom is 0.141 e. The van der Waals surface area contributed by atoms with Crippen molar-refractivity contribution in [3.05, 3.63) is 76.4 Å². The van der Waals surface area contributed by atoms with E-state index in [-0.39, 0.29) is 5.82 Å². The molecule has 0 radical (unpaired) electrons. The molecule has 1 aromatic heterocycles. The Labute approximate surface area is 170 Å². The summed E-state index contributed by atoms with van der Waals surface area (Å²) in [5.74, 6) is 0.486. The molecule has 29 heavy (non-hydrogen) atoms. The molecule has 0 atom stereocenters. The van der Waals surface area contributed by atoms with Crippen LogP contribution >= 0.6 is 0 Å². The molecule has 2 N–H and O–H groups in total. The van der Waals surface area contributed by atoms with E-state index in [1.54, 1.807) is 0 Å². The maximum atomic E-state index is 15.8. The summed E-state index contributed by atoms with van der Waals surface area (Å²) in [7, 11) is 0. The predicted molar refractivity (Wildman–Crippen MR) is 112 cm³/mol. The van der Waals surface area contributed by atoms with Crippen molar-refractivity contribution in [2.75, 3.05) is 5.73 Å². The largest absolute Gasteiger partial charge is 0.382 e.